The molecule has 0 spiro atoms. The van der Waals surface area contributed by atoms with Crippen LogP contribution >= 0.6 is 7.82 Å². The molecule has 0 aromatic heterocycles. The maximum atomic E-state index is 12.5. The number of ether oxygens (including phenoxy) is 2. The molecule has 8 nitrogen and oxygen atoms in total. The Bertz CT molecular complexity index is 979. The molecule has 52 heavy (non-hydrogen) atoms. The number of carbonyl (C=O) groups is 1. The molecule has 2 atom stereocenters. The van der Waals surface area contributed by atoms with Crippen molar-refractivity contribution in [1.82, 2.24) is 0 Å². The van der Waals surface area contributed by atoms with E-state index in [1.807, 2.05) is 0 Å². The van der Waals surface area contributed by atoms with E-state index >= 15 is 0 Å². The Morgan fingerprint density at radius 3 is 1.54 bits per heavy atom. The molecule has 0 saturated heterocycles. The first-order valence-electron chi connectivity index (χ1n) is 20.8. The Morgan fingerprint density at radius 1 is 0.596 bits per heavy atom. The van der Waals surface area contributed by atoms with Gasteiger partial charge in [0.25, 0.3) is 0 Å². The van der Waals surface area contributed by atoms with Gasteiger partial charge in [0.1, 0.15) is 6.10 Å². The van der Waals surface area contributed by atoms with Gasteiger partial charge in [0.05, 0.1) is 19.8 Å². The predicted octanol–water partition coefficient (Wildman–Crippen LogP) is 12.2. The number of esters is 1. The van der Waals surface area contributed by atoms with Crippen LogP contribution in [0.15, 0.2) is 60.8 Å². The first-order chi connectivity index (χ1) is 25.4. The molecule has 0 aliphatic heterocycles. The number of hydrogen-bond acceptors (Lipinski definition) is 7. The van der Waals surface area contributed by atoms with Gasteiger partial charge in [-0.25, -0.2) is 4.57 Å². The van der Waals surface area contributed by atoms with Crippen LogP contribution in [0.5, 0.6) is 0 Å². The van der Waals surface area contributed by atoms with Crippen LogP contribution in [0.4, 0.5) is 0 Å². The van der Waals surface area contributed by atoms with Gasteiger partial charge in [0.15, 0.2) is 0 Å². The summed E-state index contributed by atoms with van der Waals surface area (Å²) in [6, 6.07) is 0. The fourth-order valence-electron chi connectivity index (χ4n) is 5.44. The smallest absolute Gasteiger partial charge is 0.457 e. The number of carbonyl (C=O) groups excluding carboxylic acids is 1. The summed E-state index contributed by atoms with van der Waals surface area (Å²) in [6.07, 6.45) is 48.1. The second-order valence-electron chi connectivity index (χ2n) is 13.5. The fraction of sp³-hybridized carbons (Fsp3) is 0.744. The summed E-state index contributed by atoms with van der Waals surface area (Å²) in [4.78, 5) is 22.4. The van der Waals surface area contributed by atoms with E-state index in [0.29, 0.717) is 13.0 Å². The van der Waals surface area contributed by atoms with E-state index in [2.05, 4.69) is 74.6 Å². The minimum Gasteiger partial charge on any atom is -0.457 e. The van der Waals surface area contributed by atoms with Crippen LogP contribution in [0.25, 0.3) is 0 Å². The standard InChI is InChI=1S/C43H78NO7P/c1-3-5-7-9-11-13-15-17-19-21-22-24-26-28-30-32-34-36-43(45)51-42(41-50-52(46,47)49-39-37-44)40-48-38-35-33-31-29-27-25-23-20-18-16-14-12-10-8-6-4-2/h5,7,11,13,17,19,22,24,28,30,42H,3-4,6,8-10,12,14-16,18,20-21,23,25-27,29,31-41,44H2,1-2H3,(H,46,47)/b7-5-,13-11-,19-17-,24-22-,30-28-/t42-/m1/s1. The summed E-state index contributed by atoms with van der Waals surface area (Å²) in [6.45, 7) is 4.73. The van der Waals surface area contributed by atoms with Crippen molar-refractivity contribution in [2.45, 2.75) is 174 Å². The van der Waals surface area contributed by atoms with Crippen LogP contribution in [0.1, 0.15) is 168 Å². The molecule has 1 unspecified atom stereocenters. The summed E-state index contributed by atoms with van der Waals surface area (Å²) >= 11 is 0. The third kappa shape index (κ3) is 39.4. The maximum Gasteiger partial charge on any atom is 0.472 e. The number of allylic oxidation sites excluding steroid dienone is 10. The van der Waals surface area contributed by atoms with Crippen LogP contribution < -0.4 is 5.73 Å². The van der Waals surface area contributed by atoms with Crippen LogP contribution in [0.2, 0.25) is 0 Å². The normalized spacial score (nSPS) is 14.2. The Labute approximate surface area is 319 Å². The summed E-state index contributed by atoms with van der Waals surface area (Å²) in [5.41, 5.74) is 5.36. The van der Waals surface area contributed by atoms with Crippen molar-refractivity contribution in [3.05, 3.63) is 60.8 Å². The highest BCUT2D eigenvalue weighted by atomic mass is 31.2. The molecule has 0 aliphatic rings. The van der Waals surface area contributed by atoms with E-state index < -0.39 is 13.9 Å². The van der Waals surface area contributed by atoms with Crippen LogP contribution in [-0.2, 0) is 27.9 Å². The Kier molecular flexibility index (Phi) is 39.0. The van der Waals surface area contributed by atoms with E-state index in [4.69, 9.17) is 24.3 Å². The molecule has 9 heteroatoms. The number of phosphoric acid groups is 1. The number of nitrogens with two attached hydrogens (primary N) is 1. The third-order valence-electron chi connectivity index (χ3n) is 8.45. The van der Waals surface area contributed by atoms with Crippen molar-refractivity contribution in [2.75, 3.05) is 33.0 Å². The van der Waals surface area contributed by atoms with Gasteiger partial charge in [0.2, 0.25) is 0 Å². The molecule has 0 bridgehead atoms. The SMILES string of the molecule is CC/C=C\C/C=C\C/C=C\C/C=C\C/C=C\CCCC(=O)O[C@H](COCCCCCCCCCCCCCCCCCC)COP(=O)(O)OCCN. The van der Waals surface area contributed by atoms with Gasteiger partial charge in [-0.2, -0.15) is 0 Å². The average molecular weight is 752 g/mol. The van der Waals surface area contributed by atoms with Gasteiger partial charge in [0, 0.05) is 19.6 Å². The Hall–Kier alpha value is -1.80. The highest BCUT2D eigenvalue weighted by Crippen LogP contribution is 2.43. The molecule has 0 rings (SSSR count). The minimum absolute atomic E-state index is 0.0899. The van der Waals surface area contributed by atoms with E-state index in [1.54, 1.807) is 0 Å². The molecule has 0 aromatic rings. The summed E-state index contributed by atoms with van der Waals surface area (Å²) in [7, 11) is -4.29. The zero-order valence-corrected chi connectivity index (χ0v) is 34.2. The van der Waals surface area contributed by atoms with E-state index in [9.17, 15) is 14.3 Å². The van der Waals surface area contributed by atoms with E-state index in [0.717, 1.165) is 51.4 Å². The highest BCUT2D eigenvalue weighted by Gasteiger charge is 2.25. The monoisotopic (exact) mass is 752 g/mol. The third-order valence-corrected chi connectivity index (χ3v) is 9.43. The zero-order valence-electron chi connectivity index (χ0n) is 33.3. The minimum atomic E-state index is -4.29. The number of rotatable bonds is 39. The molecule has 0 fully saturated rings. The molecule has 0 radical (unpaired) electrons. The lowest BCUT2D eigenvalue weighted by molar-refractivity contribution is -0.154. The lowest BCUT2D eigenvalue weighted by Gasteiger charge is -2.20. The van der Waals surface area contributed by atoms with Gasteiger partial charge >= 0.3 is 13.8 Å². The van der Waals surface area contributed by atoms with Gasteiger partial charge in [-0.15, -0.1) is 0 Å². The fourth-order valence-corrected chi connectivity index (χ4v) is 6.21. The molecule has 0 aliphatic carbocycles. The van der Waals surface area contributed by atoms with Crippen molar-refractivity contribution in [3.8, 4) is 0 Å². The van der Waals surface area contributed by atoms with Crippen LogP contribution in [0.3, 0.4) is 0 Å². The molecule has 0 amide bonds. The molecule has 0 saturated carbocycles. The first-order valence-corrected chi connectivity index (χ1v) is 22.3. The number of phosphoric ester groups is 1. The quantitative estimate of drug-likeness (QED) is 0.0276. The Balaban J connectivity index is 4.15. The van der Waals surface area contributed by atoms with Crippen molar-refractivity contribution >= 4 is 13.8 Å². The molecular formula is C43H78NO7P. The molecular weight excluding hydrogens is 673 g/mol. The van der Waals surface area contributed by atoms with Crippen molar-refractivity contribution in [2.24, 2.45) is 5.73 Å². The highest BCUT2D eigenvalue weighted by molar-refractivity contribution is 7.47. The lowest BCUT2D eigenvalue weighted by Crippen LogP contribution is -2.28. The summed E-state index contributed by atoms with van der Waals surface area (Å²) in [5, 5.41) is 0. The maximum absolute atomic E-state index is 12.5. The Morgan fingerprint density at radius 2 is 1.06 bits per heavy atom. The second kappa shape index (κ2) is 40.4. The van der Waals surface area contributed by atoms with Crippen molar-refractivity contribution < 1.29 is 32.8 Å². The lowest BCUT2D eigenvalue weighted by atomic mass is 10.0. The van der Waals surface area contributed by atoms with Gasteiger partial charge in [-0.1, -0.05) is 171 Å². The first kappa shape index (κ1) is 50.2. The topological polar surface area (TPSA) is 117 Å². The summed E-state index contributed by atoms with van der Waals surface area (Å²) in [5.74, 6) is -0.386. The molecule has 302 valence electrons. The van der Waals surface area contributed by atoms with E-state index in [-0.39, 0.29) is 38.8 Å². The van der Waals surface area contributed by atoms with Gasteiger partial charge < -0.3 is 20.1 Å². The number of unbranched alkanes of at least 4 members (excludes halogenated alkanes) is 16. The van der Waals surface area contributed by atoms with Crippen LogP contribution in [0, 0.1) is 0 Å². The van der Waals surface area contributed by atoms with Crippen LogP contribution in [-0.4, -0.2) is 49.9 Å². The van der Waals surface area contributed by atoms with Gasteiger partial charge in [-0.05, 0) is 51.4 Å². The van der Waals surface area contributed by atoms with Gasteiger partial charge in [-0.3, -0.25) is 13.8 Å². The second-order valence-corrected chi connectivity index (χ2v) is 14.9. The average Bonchev–Trinajstić information content (AvgIpc) is 3.13. The molecule has 3 N–H and O–H groups in total. The number of hydrogen-bond donors (Lipinski definition) is 2. The van der Waals surface area contributed by atoms with Crippen molar-refractivity contribution in [1.29, 1.82) is 0 Å². The van der Waals surface area contributed by atoms with Crippen molar-refractivity contribution in [3.63, 3.8) is 0 Å². The van der Waals surface area contributed by atoms with E-state index in [1.165, 1.54) is 89.9 Å². The largest absolute Gasteiger partial charge is 0.472 e. The zero-order chi connectivity index (χ0) is 38.1. The molecule has 0 heterocycles. The molecule has 0 aromatic carbocycles. The summed E-state index contributed by atoms with van der Waals surface area (Å²) < 4.78 is 33.3. The predicted molar refractivity (Wildman–Crippen MR) is 219 cm³/mol.